The summed E-state index contributed by atoms with van der Waals surface area (Å²) in [6.45, 7) is 10.3. The third-order valence-electron chi connectivity index (χ3n) is 2.76. The summed E-state index contributed by atoms with van der Waals surface area (Å²) in [7, 11) is 1.65. The molecule has 0 radical (unpaired) electrons. The number of aromatic nitrogens is 1. The van der Waals surface area contributed by atoms with E-state index in [9.17, 15) is 9.18 Å². The average Bonchev–Trinajstić information content (AvgIpc) is 2.24. The van der Waals surface area contributed by atoms with Crippen LogP contribution in [0, 0.1) is 11.2 Å². The first-order valence-corrected chi connectivity index (χ1v) is 6.70. The molecule has 0 saturated carbocycles. The zero-order chi connectivity index (χ0) is 15.6. The molecular formula is C15H24FN3O. The van der Waals surface area contributed by atoms with Crippen molar-refractivity contribution < 1.29 is 9.18 Å². The van der Waals surface area contributed by atoms with Crippen LogP contribution in [0.15, 0.2) is 12.3 Å². The second-order valence-corrected chi connectivity index (χ2v) is 6.88. The number of nitrogens with zero attached hydrogens (tertiary/aromatic N) is 1. The minimum absolute atomic E-state index is 0.0861. The van der Waals surface area contributed by atoms with Gasteiger partial charge >= 0.3 is 0 Å². The molecule has 0 atom stereocenters. The van der Waals surface area contributed by atoms with Gasteiger partial charge in [-0.05, 0) is 31.7 Å². The van der Waals surface area contributed by atoms with Gasteiger partial charge in [0.25, 0.3) is 5.91 Å². The van der Waals surface area contributed by atoms with Gasteiger partial charge in [0.05, 0.1) is 11.8 Å². The van der Waals surface area contributed by atoms with Crippen LogP contribution in [0.25, 0.3) is 0 Å². The van der Waals surface area contributed by atoms with Crippen molar-refractivity contribution >= 4 is 11.7 Å². The minimum atomic E-state index is -0.525. The molecule has 1 aromatic rings. The number of carbonyl (C=O) groups excluding carboxylic acids is 1. The van der Waals surface area contributed by atoms with E-state index in [0.29, 0.717) is 5.82 Å². The maximum Gasteiger partial charge on any atom is 0.255 e. The van der Waals surface area contributed by atoms with Crippen molar-refractivity contribution in [3.05, 3.63) is 23.6 Å². The van der Waals surface area contributed by atoms with Gasteiger partial charge in [-0.2, -0.15) is 0 Å². The number of pyridine rings is 1. The first kappa shape index (κ1) is 16.4. The molecule has 0 spiro atoms. The Morgan fingerprint density at radius 1 is 1.30 bits per heavy atom. The number of anilines is 1. The van der Waals surface area contributed by atoms with Gasteiger partial charge in [0.15, 0.2) is 0 Å². The number of hydrogen-bond donors (Lipinski definition) is 2. The number of nitrogens with one attached hydrogen (secondary N) is 2. The Morgan fingerprint density at radius 3 is 2.40 bits per heavy atom. The molecule has 0 aliphatic carbocycles. The summed E-state index contributed by atoms with van der Waals surface area (Å²) in [6, 6.07) is 1.20. The predicted molar refractivity (Wildman–Crippen MR) is 79.4 cm³/mol. The quantitative estimate of drug-likeness (QED) is 0.891. The molecule has 0 aromatic carbocycles. The molecule has 0 bridgehead atoms. The first-order valence-electron chi connectivity index (χ1n) is 6.70. The Kier molecular flexibility index (Phi) is 4.73. The molecule has 112 valence electrons. The van der Waals surface area contributed by atoms with Gasteiger partial charge in [-0.15, -0.1) is 0 Å². The fraction of sp³-hybridized carbons (Fsp3) is 0.600. The highest BCUT2D eigenvalue weighted by Crippen LogP contribution is 2.27. The van der Waals surface area contributed by atoms with Gasteiger partial charge in [0, 0.05) is 12.6 Å². The summed E-state index contributed by atoms with van der Waals surface area (Å²) in [5.74, 6) is -0.478. The molecule has 2 N–H and O–H groups in total. The minimum Gasteiger partial charge on any atom is -0.372 e. The fourth-order valence-electron chi connectivity index (χ4n) is 2.56. The maximum atomic E-state index is 13.3. The maximum absolute atomic E-state index is 13.3. The Morgan fingerprint density at radius 2 is 1.90 bits per heavy atom. The molecule has 20 heavy (non-hydrogen) atoms. The normalized spacial score (nSPS) is 12.2. The van der Waals surface area contributed by atoms with Gasteiger partial charge in [-0.1, -0.05) is 20.8 Å². The third kappa shape index (κ3) is 4.79. The van der Waals surface area contributed by atoms with Gasteiger partial charge in [-0.3, -0.25) is 4.79 Å². The van der Waals surface area contributed by atoms with Crippen molar-refractivity contribution in [1.82, 2.24) is 10.3 Å². The topological polar surface area (TPSA) is 54.0 Å². The summed E-state index contributed by atoms with van der Waals surface area (Å²) in [5, 5.41) is 5.74. The van der Waals surface area contributed by atoms with E-state index in [-0.39, 0.29) is 22.4 Å². The average molecular weight is 281 g/mol. The highest BCUT2D eigenvalue weighted by molar-refractivity contribution is 5.99. The van der Waals surface area contributed by atoms with Crippen molar-refractivity contribution in [3.8, 4) is 0 Å². The van der Waals surface area contributed by atoms with Crippen LogP contribution in [0.3, 0.4) is 0 Å². The van der Waals surface area contributed by atoms with Crippen molar-refractivity contribution in [2.24, 2.45) is 5.41 Å². The summed E-state index contributed by atoms with van der Waals surface area (Å²) in [5.41, 5.74) is -0.0790. The van der Waals surface area contributed by atoms with Crippen molar-refractivity contribution in [1.29, 1.82) is 0 Å². The molecular weight excluding hydrogens is 257 g/mol. The zero-order valence-corrected chi connectivity index (χ0v) is 13.1. The number of carbonyl (C=O) groups is 1. The third-order valence-corrected chi connectivity index (χ3v) is 2.76. The second-order valence-electron chi connectivity index (χ2n) is 6.88. The number of amides is 1. The van der Waals surface area contributed by atoms with Crippen LogP contribution in [0.5, 0.6) is 0 Å². The Hall–Kier alpha value is -1.65. The molecule has 0 saturated heterocycles. The van der Waals surface area contributed by atoms with Crippen molar-refractivity contribution in [2.75, 3.05) is 12.4 Å². The lowest BCUT2D eigenvalue weighted by Crippen LogP contribution is -2.46. The second kappa shape index (κ2) is 5.77. The summed E-state index contributed by atoms with van der Waals surface area (Å²) in [4.78, 5) is 16.2. The van der Waals surface area contributed by atoms with Crippen molar-refractivity contribution in [3.63, 3.8) is 0 Å². The van der Waals surface area contributed by atoms with E-state index in [2.05, 4.69) is 36.4 Å². The monoisotopic (exact) mass is 281 g/mol. The predicted octanol–water partition coefficient (Wildman–Crippen LogP) is 3.21. The van der Waals surface area contributed by atoms with E-state index in [4.69, 9.17) is 0 Å². The van der Waals surface area contributed by atoms with Gasteiger partial charge in [-0.25, -0.2) is 9.37 Å². The van der Waals surface area contributed by atoms with Crippen LogP contribution in [0.1, 0.15) is 51.4 Å². The molecule has 0 fully saturated rings. The molecule has 1 aromatic heterocycles. The van der Waals surface area contributed by atoms with Crippen molar-refractivity contribution in [2.45, 2.75) is 46.6 Å². The van der Waals surface area contributed by atoms with E-state index in [1.165, 1.54) is 6.07 Å². The lowest BCUT2D eigenvalue weighted by Gasteiger charge is -2.33. The lowest BCUT2D eigenvalue weighted by atomic mass is 9.81. The molecule has 0 aliphatic rings. The van der Waals surface area contributed by atoms with E-state index in [1.54, 1.807) is 7.05 Å². The van der Waals surface area contributed by atoms with Crippen LogP contribution >= 0.6 is 0 Å². The molecule has 1 heterocycles. The van der Waals surface area contributed by atoms with Crippen LogP contribution < -0.4 is 10.6 Å². The summed E-state index contributed by atoms with van der Waals surface area (Å²) >= 11 is 0. The van der Waals surface area contributed by atoms with E-state index in [1.807, 2.05) is 13.8 Å². The Bertz CT molecular complexity index is 492. The largest absolute Gasteiger partial charge is 0.372 e. The smallest absolute Gasteiger partial charge is 0.255 e. The van der Waals surface area contributed by atoms with Gasteiger partial charge < -0.3 is 10.6 Å². The molecule has 1 rings (SSSR count). The van der Waals surface area contributed by atoms with Crippen LogP contribution in [0.2, 0.25) is 0 Å². The van der Waals surface area contributed by atoms with Crippen LogP contribution in [-0.2, 0) is 0 Å². The molecule has 4 nitrogen and oxygen atoms in total. The van der Waals surface area contributed by atoms with Crippen LogP contribution in [-0.4, -0.2) is 23.5 Å². The first-order chi connectivity index (χ1) is 9.04. The van der Waals surface area contributed by atoms with E-state index in [0.717, 1.165) is 12.6 Å². The molecule has 1 amide bonds. The number of halogens is 1. The highest BCUT2D eigenvalue weighted by Gasteiger charge is 2.28. The standard InChI is InChI=1S/C15H24FN3O/c1-14(2,3)9-15(4,5)19-13(20)11-7-10(16)8-18-12(11)17-6/h7-8H,9H2,1-6H3,(H,17,18)(H,19,20). The van der Waals surface area contributed by atoms with E-state index >= 15 is 0 Å². The Labute approximate surface area is 120 Å². The van der Waals surface area contributed by atoms with E-state index < -0.39 is 5.82 Å². The van der Waals surface area contributed by atoms with Crippen LogP contribution in [0.4, 0.5) is 10.2 Å². The Balaban J connectivity index is 2.94. The number of hydrogen-bond acceptors (Lipinski definition) is 3. The summed E-state index contributed by atoms with van der Waals surface area (Å²) in [6.07, 6.45) is 1.90. The SMILES string of the molecule is CNc1ncc(F)cc1C(=O)NC(C)(C)CC(C)(C)C. The molecule has 0 aliphatic heterocycles. The van der Waals surface area contributed by atoms with Gasteiger partial charge in [0.1, 0.15) is 11.6 Å². The highest BCUT2D eigenvalue weighted by atomic mass is 19.1. The fourth-order valence-corrected chi connectivity index (χ4v) is 2.56. The zero-order valence-electron chi connectivity index (χ0n) is 13.1. The molecule has 5 heteroatoms. The van der Waals surface area contributed by atoms with Gasteiger partial charge in [0.2, 0.25) is 0 Å². The molecule has 0 unspecified atom stereocenters. The number of rotatable bonds is 4. The summed E-state index contributed by atoms with van der Waals surface area (Å²) < 4.78 is 13.3. The lowest BCUT2D eigenvalue weighted by molar-refractivity contribution is 0.0891.